The van der Waals surface area contributed by atoms with Gasteiger partial charge in [-0.05, 0) is 31.1 Å². The SMILES string of the molecule is CN(C)CC(NC(=O)Cn1cnc2sccc2c1=O)c1ccccc1. The van der Waals surface area contributed by atoms with Crippen molar-refractivity contribution >= 4 is 27.5 Å². The Labute approximate surface area is 149 Å². The number of thiophene rings is 1. The van der Waals surface area contributed by atoms with Gasteiger partial charge in [0, 0.05) is 6.54 Å². The molecular weight excluding hydrogens is 336 g/mol. The molecule has 0 radical (unpaired) electrons. The van der Waals surface area contributed by atoms with Gasteiger partial charge < -0.3 is 10.2 Å². The highest BCUT2D eigenvalue weighted by Crippen LogP contribution is 2.14. The maximum Gasteiger partial charge on any atom is 0.262 e. The third kappa shape index (κ3) is 4.12. The van der Waals surface area contributed by atoms with Gasteiger partial charge in [0.25, 0.3) is 5.56 Å². The molecule has 1 N–H and O–H groups in total. The number of nitrogens with zero attached hydrogens (tertiary/aromatic N) is 3. The fourth-order valence-corrected chi connectivity index (χ4v) is 3.41. The number of fused-ring (bicyclic) bond motifs is 1. The Morgan fingerprint density at radius 2 is 2.04 bits per heavy atom. The van der Waals surface area contributed by atoms with Gasteiger partial charge in [0.1, 0.15) is 11.4 Å². The summed E-state index contributed by atoms with van der Waals surface area (Å²) in [5.41, 5.74) is 0.841. The Balaban J connectivity index is 1.76. The molecule has 6 nitrogen and oxygen atoms in total. The van der Waals surface area contributed by atoms with Crippen LogP contribution in [0.1, 0.15) is 11.6 Å². The third-order valence-electron chi connectivity index (χ3n) is 3.85. The van der Waals surface area contributed by atoms with Crippen LogP contribution in [-0.2, 0) is 11.3 Å². The van der Waals surface area contributed by atoms with E-state index in [1.807, 2.05) is 54.7 Å². The van der Waals surface area contributed by atoms with E-state index in [0.717, 1.165) is 5.56 Å². The van der Waals surface area contributed by atoms with Gasteiger partial charge in [-0.1, -0.05) is 30.3 Å². The lowest BCUT2D eigenvalue weighted by Gasteiger charge is -2.23. The summed E-state index contributed by atoms with van der Waals surface area (Å²) < 4.78 is 1.35. The highest BCUT2D eigenvalue weighted by Gasteiger charge is 2.16. The number of hydrogen-bond donors (Lipinski definition) is 1. The number of amides is 1. The molecule has 25 heavy (non-hydrogen) atoms. The Kier molecular flexibility index (Phi) is 5.25. The normalized spacial score (nSPS) is 12.4. The first-order chi connectivity index (χ1) is 12.0. The molecular formula is C18H20N4O2S. The van der Waals surface area contributed by atoms with Gasteiger partial charge in [-0.2, -0.15) is 0 Å². The van der Waals surface area contributed by atoms with Gasteiger partial charge in [-0.25, -0.2) is 4.98 Å². The van der Waals surface area contributed by atoms with Crippen LogP contribution in [-0.4, -0.2) is 41.0 Å². The van der Waals surface area contributed by atoms with Gasteiger partial charge >= 0.3 is 0 Å². The first-order valence-electron chi connectivity index (χ1n) is 7.96. The predicted molar refractivity (Wildman–Crippen MR) is 99.8 cm³/mol. The zero-order valence-electron chi connectivity index (χ0n) is 14.2. The minimum Gasteiger partial charge on any atom is -0.346 e. The van der Waals surface area contributed by atoms with Crippen LogP contribution >= 0.6 is 11.3 Å². The summed E-state index contributed by atoms with van der Waals surface area (Å²) >= 11 is 1.41. The number of hydrogen-bond acceptors (Lipinski definition) is 5. The highest BCUT2D eigenvalue weighted by atomic mass is 32.1. The lowest BCUT2D eigenvalue weighted by atomic mass is 10.1. The monoisotopic (exact) mass is 356 g/mol. The largest absolute Gasteiger partial charge is 0.346 e. The van der Waals surface area contributed by atoms with Crippen LogP contribution in [0.3, 0.4) is 0 Å². The molecule has 1 unspecified atom stereocenters. The molecule has 0 saturated heterocycles. The van der Waals surface area contributed by atoms with Crippen LogP contribution in [0, 0.1) is 0 Å². The minimum absolute atomic E-state index is 0.0472. The van der Waals surface area contributed by atoms with E-state index in [-0.39, 0.29) is 24.1 Å². The lowest BCUT2D eigenvalue weighted by Crippen LogP contribution is -2.38. The first kappa shape index (κ1) is 17.3. The Hall–Kier alpha value is -2.51. The van der Waals surface area contributed by atoms with E-state index >= 15 is 0 Å². The second-order valence-electron chi connectivity index (χ2n) is 6.11. The first-order valence-corrected chi connectivity index (χ1v) is 8.84. The summed E-state index contributed by atoms with van der Waals surface area (Å²) in [6.45, 7) is 0.626. The van der Waals surface area contributed by atoms with Crippen molar-refractivity contribution in [2.24, 2.45) is 0 Å². The molecule has 0 aliphatic rings. The van der Waals surface area contributed by atoms with Crippen LogP contribution in [0.2, 0.25) is 0 Å². The van der Waals surface area contributed by atoms with Crippen molar-refractivity contribution in [2.45, 2.75) is 12.6 Å². The molecule has 1 atom stereocenters. The maximum absolute atomic E-state index is 12.5. The molecule has 0 spiro atoms. The van der Waals surface area contributed by atoms with E-state index in [1.54, 1.807) is 6.07 Å². The minimum atomic E-state index is -0.214. The average Bonchev–Trinajstić information content (AvgIpc) is 3.07. The summed E-state index contributed by atoms with van der Waals surface area (Å²) in [4.78, 5) is 31.8. The number of benzene rings is 1. The molecule has 1 amide bonds. The lowest BCUT2D eigenvalue weighted by molar-refractivity contribution is -0.122. The van der Waals surface area contributed by atoms with E-state index < -0.39 is 0 Å². The van der Waals surface area contributed by atoms with E-state index in [9.17, 15) is 9.59 Å². The van der Waals surface area contributed by atoms with Gasteiger partial charge in [0.2, 0.25) is 5.91 Å². The molecule has 0 saturated carbocycles. The summed E-state index contributed by atoms with van der Waals surface area (Å²) in [5.74, 6) is -0.214. The van der Waals surface area contributed by atoms with Crippen molar-refractivity contribution < 1.29 is 4.79 Å². The van der Waals surface area contributed by atoms with E-state index in [0.29, 0.717) is 16.8 Å². The number of nitrogens with one attached hydrogen (secondary N) is 1. The van der Waals surface area contributed by atoms with E-state index in [4.69, 9.17) is 0 Å². The van der Waals surface area contributed by atoms with Crippen molar-refractivity contribution in [1.82, 2.24) is 19.8 Å². The van der Waals surface area contributed by atoms with Gasteiger partial charge in [0.05, 0.1) is 17.8 Å². The van der Waals surface area contributed by atoms with Gasteiger partial charge in [-0.3, -0.25) is 14.2 Å². The third-order valence-corrected chi connectivity index (χ3v) is 4.67. The molecule has 0 fully saturated rings. The zero-order chi connectivity index (χ0) is 17.8. The fourth-order valence-electron chi connectivity index (χ4n) is 2.69. The van der Waals surface area contributed by atoms with Crippen molar-refractivity contribution in [3.63, 3.8) is 0 Å². The van der Waals surface area contributed by atoms with Gasteiger partial charge in [-0.15, -0.1) is 11.3 Å². The second kappa shape index (κ2) is 7.58. The number of carbonyl (C=O) groups is 1. The van der Waals surface area contributed by atoms with Gasteiger partial charge in [0.15, 0.2) is 0 Å². The molecule has 1 aromatic carbocycles. The van der Waals surface area contributed by atoms with Crippen LogP contribution in [0.4, 0.5) is 0 Å². The molecule has 7 heteroatoms. The zero-order valence-corrected chi connectivity index (χ0v) is 15.0. The molecule has 0 aliphatic carbocycles. The number of likely N-dealkylation sites (N-methyl/N-ethyl adjacent to an activating group) is 1. The average molecular weight is 356 g/mol. The van der Waals surface area contributed by atoms with Crippen LogP contribution in [0.15, 0.2) is 52.9 Å². The number of carbonyl (C=O) groups excluding carboxylic acids is 1. The van der Waals surface area contributed by atoms with E-state index in [1.165, 1.54) is 22.2 Å². The van der Waals surface area contributed by atoms with Crippen molar-refractivity contribution in [3.8, 4) is 0 Å². The smallest absolute Gasteiger partial charge is 0.262 e. The summed E-state index contributed by atoms with van der Waals surface area (Å²) in [7, 11) is 3.92. The summed E-state index contributed by atoms with van der Waals surface area (Å²) in [6, 6.07) is 11.4. The molecule has 3 rings (SSSR count). The predicted octanol–water partition coefficient (Wildman–Crippen LogP) is 1.88. The maximum atomic E-state index is 12.5. The number of rotatable bonds is 6. The van der Waals surface area contributed by atoms with Crippen LogP contribution in [0.25, 0.3) is 10.2 Å². The molecule has 2 aromatic heterocycles. The number of aromatic nitrogens is 2. The Morgan fingerprint density at radius 1 is 1.28 bits per heavy atom. The Bertz CT molecular complexity index is 917. The summed E-state index contributed by atoms with van der Waals surface area (Å²) in [5, 5.41) is 5.39. The van der Waals surface area contributed by atoms with Crippen LogP contribution < -0.4 is 10.9 Å². The van der Waals surface area contributed by atoms with Crippen molar-refractivity contribution in [1.29, 1.82) is 0 Å². The molecule has 130 valence electrons. The highest BCUT2D eigenvalue weighted by molar-refractivity contribution is 7.16. The van der Waals surface area contributed by atoms with E-state index in [2.05, 4.69) is 10.3 Å². The molecule has 3 aromatic rings. The van der Waals surface area contributed by atoms with Crippen LogP contribution in [0.5, 0.6) is 0 Å². The molecule has 0 bridgehead atoms. The van der Waals surface area contributed by atoms with Crippen molar-refractivity contribution in [2.75, 3.05) is 20.6 Å². The fraction of sp³-hybridized carbons (Fsp3) is 0.278. The second-order valence-corrected chi connectivity index (χ2v) is 7.00. The Morgan fingerprint density at radius 3 is 2.76 bits per heavy atom. The summed E-state index contributed by atoms with van der Waals surface area (Å²) in [6.07, 6.45) is 1.43. The quantitative estimate of drug-likeness (QED) is 0.732. The molecule has 0 aliphatic heterocycles. The standard InChI is InChI=1S/C18H20N4O2S/c1-21(2)10-15(13-6-4-3-5-7-13)20-16(23)11-22-12-19-17-14(18(22)24)8-9-25-17/h3-9,12,15H,10-11H2,1-2H3,(H,20,23). The topological polar surface area (TPSA) is 67.2 Å². The molecule has 2 heterocycles. The van der Waals surface area contributed by atoms with Crippen molar-refractivity contribution in [3.05, 3.63) is 64.0 Å².